The Morgan fingerprint density at radius 2 is 0.614 bits per heavy atom. The van der Waals surface area contributed by atoms with Gasteiger partial charge >= 0.3 is 0 Å². The molecule has 44 heavy (non-hydrogen) atoms. The second kappa shape index (κ2) is 11.6. The highest BCUT2D eigenvalue weighted by Gasteiger charge is 2.55. The van der Waals surface area contributed by atoms with Crippen molar-refractivity contribution in [1.29, 1.82) is 0 Å². The van der Waals surface area contributed by atoms with Gasteiger partial charge in [-0.2, -0.15) is 8.42 Å². The van der Waals surface area contributed by atoms with Crippen molar-refractivity contribution in [2.75, 3.05) is 0 Å². The van der Waals surface area contributed by atoms with E-state index in [9.17, 15) is 13.0 Å². The molecule has 9 N–H and O–H groups in total. The highest BCUT2D eigenvalue weighted by atomic mass is 32.2. The van der Waals surface area contributed by atoms with Crippen LogP contribution in [0.3, 0.4) is 0 Å². The lowest BCUT2D eigenvalue weighted by atomic mass is 9.76. The maximum atomic E-state index is 12.3. The largest absolute Gasteiger partial charge is 0.286 e. The van der Waals surface area contributed by atoms with Crippen molar-refractivity contribution in [2.24, 2.45) is 47.3 Å². The summed E-state index contributed by atoms with van der Waals surface area (Å²) in [6.45, 7) is 0. The Balaban J connectivity index is 1.05. The molecule has 9 aliphatic rings. The molecule has 8 bridgehead atoms. The van der Waals surface area contributed by atoms with E-state index in [1.54, 1.807) is 0 Å². The third-order valence-corrected chi connectivity index (χ3v) is 15.5. The third-order valence-electron chi connectivity index (χ3n) is 14.3. The fraction of sp³-hybridized carbons (Fsp3) is 1.00. The lowest BCUT2D eigenvalue weighted by Gasteiger charge is -2.36. The Hall–Kier alpha value is -0.410. The van der Waals surface area contributed by atoms with Crippen molar-refractivity contribution in [2.45, 2.75) is 151 Å². The van der Waals surface area contributed by atoms with Crippen LogP contribution >= 0.6 is 0 Å². The van der Waals surface area contributed by atoms with Crippen LogP contribution < -0.4 is 42.5 Å². The molecule has 11 nitrogen and oxygen atoms in total. The zero-order chi connectivity index (χ0) is 29.6. The predicted molar refractivity (Wildman–Crippen MR) is 168 cm³/mol. The Morgan fingerprint density at radius 1 is 0.364 bits per heavy atom. The van der Waals surface area contributed by atoms with Gasteiger partial charge in [0.1, 0.15) is 0 Å². The average molecular weight is 633 g/mol. The van der Waals surface area contributed by atoms with Crippen molar-refractivity contribution in [3.8, 4) is 0 Å². The standard InChI is InChI=1S/C32H56N8O3S/c41-44(42,43)16-13-14-23-24(15-16)32-39-30-22-12-6-5-11-21(22)28(37-30)35-26-18-8-2-1-7-17(18)25(33-26)34-27-19-9-3-4-10-20(19)29(36-27)38-31(23)40-32/h16-40H,1-15H2,(H,41,42,43). The quantitative estimate of drug-likeness (QED) is 0.194. The van der Waals surface area contributed by atoms with E-state index in [4.69, 9.17) is 0 Å². The number of nitrogens with one attached hydrogen (secondary N) is 8. The first-order valence-corrected chi connectivity index (χ1v) is 20.0. The van der Waals surface area contributed by atoms with Gasteiger partial charge in [0.15, 0.2) is 0 Å². The van der Waals surface area contributed by atoms with Crippen LogP contribution in [0.4, 0.5) is 0 Å². The molecule has 4 saturated carbocycles. The van der Waals surface area contributed by atoms with Gasteiger partial charge in [-0.25, -0.2) is 0 Å². The Bertz CT molecular complexity index is 1180. The number of hydrogen-bond donors (Lipinski definition) is 9. The highest BCUT2D eigenvalue weighted by molar-refractivity contribution is 7.86. The molecule has 5 aliphatic heterocycles. The molecule has 12 heteroatoms. The Labute approximate surface area is 263 Å². The van der Waals surface area contributed by atoms with Crippen molar-refractivity contribution < 1.29 is 13.0 Å². The van der Waals surface area contributed by atoms with E-state index in [0.717, 1.165) is 6.42 Å². The average Bonchev–Trinajstić information content (AvgIpc) is 3.76. The van der Waals surface area contributed by atoms with Crippen molar-refractivity contribution in [3.05, 3.63) is 0 Å². The molecular weight excluding hydrogens is 576 g/mol. The Kier molecular flexibility index (Phi) is 7.85. The molecule has 4 aliphatic carbocycles. The van der Waals surface area contributed by atoms with Crippen LogP contribution in [0, 0.1) is 47.3 Å². The van der Waals surface area contributed by atoms with Crippen LogP contribution in [-0.4, -0.2) is 67.5 Å². The van der Waals surface area contributed by atoms with Gasteiger partial charge in [-0.3, -0.25) is 47.1 Å². The van der Waals surface area contributed by atoms with Crippen molar-refractivity contribution in [1.82, 2.24) is 42.5 Å². The fourth-order valence-electron chi connectivity index (χ4n) is 12.2. The second-order valence-corrected chi connectivity index (χ2v) is 18.0. The summed E-state index contributed by atoms with van der Waals surface area (Å²) in [5.41, 5.74) is 0. The van der Waals surface area contributed by atoms with Crippen LogP contribution in [0.15, 0.2) is 0 Å². The first kappa shape index (κ1) is 29.7. The first-order valence-electron chi connectivity index (χ1n) is 18.5. The molecule has 17 atom stereocenters. The summed E-state index contributed by atoms with van der Waals surface area (Å²) in [6, 6.07) is 0. The summed E-state index contributed by atoms with van der Waals surface area (Å²) in [4.78, 5) is 0. The van der Waals surface area contributed by atoms with Crippen LogP contribution in [0.25, 0.3) is 0 Å². The van der Waals surface area contributed by atoms with Gasteiger partial charge in [0.2, 0.25) is 0 Å². The molecule has 0 aromatic rings. The van der Waals surface area contributed by atoms with Crippen molar-refractivity contribution >= 4 is 10.1 Å². The minimum Gasteiger partial charge on any atom is -0.286 e. The van der Waals surface area contributed by atoms with Gasteiger partial charge in [0.05, 0.1) is 54.6 Å². The molecule has 0 aromatic heterocycles. The van der Waals surface area contributed by atoms with E-state index in [1.807, 2.05) is 0 Å². The van der Waals surface area contributed by atoms with E-state index in [1.165, 1.54) is 77.0 Å². The molecular formula is C32H56N8O3S. The lowest BCUT2D eigenvalue weighted by Crippen LogP contribution is -2.61. The first-order chi connectivity index (χ1) is 21.4. The van der Waals surface area contributed by atoms with E-state index in [-0.39, 0.29) is 36.7 Å². The highest BCUT2D eigenvalue weighted by Crippen LogP contribution is 2.46. The Morgan fingerprint density at radius 3 is 0.886 bits per heavy atom. The normalized spacial score (nSPS) is 55.5. The van der Waals surface area contributed by atoms with Gasteiger partial charge in [0.25, 0.3) is 10.1 Å². The summed E-state index contributed by atoms with van der Waals surface area (Å²) >= 11 is 0. The molecule has 9 fully saturated rings. The minimum absolute atomic E-state index is 0.00275. The summed E-state index contributed by atoms with van der Waals surface area (Å²) in [6.07, 6.45) is 19.1. The van der Waals surface area contributed by atoms with Crippen LogP contribution in [0.1, 0.15) is 96.3 Å². The molecule has 0 radical (unpaired) electrons. The zero-order valence-corrected chi connectivity index (χ0v) is 26.9. The molecule has 0 amide bonds. The van der Waals surface area contributed by atoms with Gasteiger partial charge in [-0.15, -0.1) is 0 Å². The monoisotopic (exact) mass is 632 g/mol. The third kappa shape index (κ3) is 5.13. The van der Waals surface area contributed by atoms with E-state index in [2.05, 4.69) is 42.5 Å². The smallest absolute Gasteiger partial charge is 0.267 e. The maximum absolute atomic E-state index is 12.3. The topological polar surface area (TPSA) is 151 Å². The molecule has 5 heterocycles. The SMILES string of the molecule is O=S(=O)(O)C1CCC2C3NC4NC(NC5NC(NC6NC(NC(N3)C2C1)C1CCCCC61)C1CCCCC51)C1CCCCC41. The minimum atomic E-state index is -4.05. The zero-order valence-electron chi connectivity index (χ0n) is 26.1. The van der Waals surface area contributed by atoms with Crippen molar-refractivity contribution in [3.63, 3.8) is 0 Å². The summed E-state index contributed by atoms with van der Waals surface area (Å²) in [7, 11) is -4.05. The molecule has 0 spiro atoms. The lowest BCUT2D eigenvalue weighted by molar-refractivity contribution is 0.167. The molecule has 0 aromatic carbocycles. The van der Waals surface area contributed by atoms with E-state index < -0.39 is 15.4 Å². The van der Waals surface area contributed by atoms with Crippen LogP contribution in [0.2, 0.25) is 0 Å². The summed E-state index contributed by atoms with van der Waals surface area (Å²) in [5.74, 6) is 4.17. The predicted octanol–water partition coefficient (Wildman–Crippen LogP) is 1.47. The number of hydrogen-bond acceptors (Lipinski definition) is 10. The van der Waals surface area contributed by atoms with Crippen LogP contribution in [-0.2, 0) is 10.1 Å². The van der Waals surface area contributed by atoms with Gasteiger partial charge in [-0.1, -0.05) is 38.5 Å². The molecule has 248 valence electrons. The second-order valence-electron chi connectivity index (χ2n) is 16.3. The van der Waals surface area contributed by atoms with Gasteiger partial charge in [-0.05, 0) is 105 Å². The summed E-state index contributed by atoms with van der Waals surface area (Å²) < 4.78 is 34.8. The van der Waals surface area contributed by atoms with Crippen LogP contribution in [0.5, 0.6) is 0 Å². The number of rotatable bonds is 1. The summed E-state index contributed by atoms with van der Waals surface area (Å²) in [5, 5.41) is 32.1. The molecule has 17 unspecified atom stereocenters. The van der Waals surface area contributed by atoms with E-state index >= 15 is 0 Å². The van der Waals surface area contributed by atoms with E-state index in [0.29, 0.717) is 72.8 Å². The van der Waals surface area contributed by atoms with Gasteiger partial charge < -0.3 is 0 Å². The maximum Gasteiger partial charge on any atom is 0.267 e. The van der Waals surface area contributed by atoms with Gasteiger partial charge in [0, 0.05) is 0 Å². The molecule has 9 rings (SSSR count). The number of fused-ring (bicyclic) bond motifs is 20. The fourth-order valence-corrected chi connectivity index (χ4v) is 13.1. The molecule has 5 saturated heterocycles.